The zero-order valence-corrected chi connectivity index (χ0v) is 12.7. The van der Waals surface area contributed by atoms with Crippen molar-refractivity contribution in [1.29, 1.82) is 0 Å². The molecule has 2 N–H and O–H groups in total. The molecule has 1 aliphatic rings. The van der Waals surface area contributed by atoms with E-state index in [0.29, 0.717) is 0 Å². The Morgan fingerprint density at radius 2 is 2.06 bits per heavy atom. The van der Waals surface area contributed by atoms with E-state index in [4.69, 9.17) is 0 Å². The van der Waals surface area contributed by atoms with Crippen LogP contribution >= 0.6 is 0 Å². The van der Waals surface area contributed by atoms with Gasteiger partial charge in [-0.15, -0.1) is 0 Å². The highest BCUT2D eigenvalue weighted by Gasteiger charge is 2.34. The number of hydrogen-bond donors (Lipinski definition) is 2. The summed E-state index contributed by atoms with van der Waals surface area (Å²) in [5.41, 5.74) is -0.143. The summed E-state index contributed by atoms with van der Waals surface area (Å²) in [5.74, 6) is 0.759. The first kappa shape index (κ1) is 15.9. The van der Waals surface area contributed by atoms with Gasteiger partial charge in [0.05, 0.1) is 12.1 Å². The molecule has 0 spiro atoms. The lowest BCUT2D eigenvalue weighted by molar-refractivity contribution is 0.113. The molecule has 1 aliphatic carbocycles. The minimum atomic E-state index is -0.143. The Morgan fingerprint density at radius 3 is 2.50 bits per heavy atom. The summed E-state index contributed by atoms with van der Waals surface area (Å²) in [6.07, 6.45) is 5.05. The SMILES string of the molecule is CCCNC(C)(CO)CN(CCC(C)C)C1CC1. The van der Waals surface area contributed by atoms with Gasteiger partial charge >= 0.3 is 0 Å². The highest BCUT2D eigenvalue weighted by Crippen LogP contribution is 2.28. The Balaban J connectivity index is 2.46. The molecule has 0 saturated heterocycles. The van der Waals surface area contributed by atoms with Gasteiger partial charge in [-0.05, 0) is 51.6 Å². The molecule has 0 heterocycles. The minimum absolute atomic E-state index is 0.143. The van der Waals surface area contributed by atoms with Gasteiger partial charge in [-0.25, -0.2) is 0 Å². The van der Waals surface area contributed by atoms with Crippen LogP contribution in [-0.4, -0.2) is 47.8 Å². The first-order chi connectivity index (χ1) is 8.50. The first-order valence-corrected chi connectivity index (χ1v) is 7.60. The van der Waals surface area contributed by atoms with Crippen LogP contribution in [0.4, 0.5) is 0 Å². The zero-order valence-electron chi connectivity index (χ0n) is 12.7. The fourth-order valence-electron chi connectivity index (χ4n) is 2.29. The first-order valence-electron chi connectivity index (χ1n) is 7.60. The number of rotatable bonds is 10. The third-order valence-electron chi connectivity index (χ3n) is 3.76. The van der Waals surface area contributed by atoms with Crippen molar-refractivity contribution in [1.82, 2.24) is 10.2 Å². The number of aliphatic hydroxyl groups is 1. The van der Waals surface area contributed by atoms with Crippen LogP contribution in [0.15, 0.2) is 0 Å². The summed E-state index contributed by atoms with van der Waals surface area (Å²) in [7, 11) is 0. The molecule has 1 fully saturated rings. The molecule has 0 bridgehead atoms. The van der Waals surface area contributed by atoms with Gasteiger partial charge in [-0.1, -0.05) is 20.8 Å². The van der Waals surface area contributed by atoms with Gasteiger partial charge in [0.15, 0.2) is 0 Å². The van der Waals surface area contributed by atoms with Crippen molar-refractivity contribution in [2.24, 2.45) is 5.92 Å². The molecular weight excluding hydrogens is 224 g/mol. The average molecular weight is 256 g/mol. The predicted molar refractivity (Wildman–Crippen MR) is 77.8 cm³/mol. The van der Waals surface area contributed by atoms with E-state index < -0.39 is 0 Å². The number of aliphatic hydroxyl groups excluding tert-OH is 1. The van der Waals surface area contributed by atoms with Crippen molar-refractivity contribution in [2.75, 3.05) is 26.2 Å². The van der Waals surface area contributed by atoms with Gasteiger partial charge in [-0.2, -0.15) is 0 Å². The van der Waals surface area contributed by atoms with Crippen LogP contribution < -0.4 is 5.32 Å². The zero-order chi connectivity index (χ0) is 13.6. The monoisotopic (exact) mass is 256 g/mol. The fraction of sp³-hybridized carbons (Fsp3) is 1.00. The van der Waals surface area contributed by atoms with Crippen molar-refractivity contribution in [3.05, 3.63) is 0 Å². The molecule has 18 heavy (non-hydrogen) atoms. The largest absolute Gasteiger partial charge is 0.394 e. The number of nitrogens with one attached hydrogen (secondary N) is 1. The van der Waals surface area contributed by atoms with Gasteiger partial charge in [-0.3, -0.25) is 4.90 Å². The van der Waals surface area contributed by atoms with E-state index in [0.717, 1.165) is 31.5 Å². The second kappa shape index (κ2) is 7.46. The smallest absolute Gasteiger partial charge is 0.0623 e. The van der Waals surface area contributed by atoms with Gasteiger partial charge in [0.2, 0.25) is 0 Å². The van der Waals surface area contributed by atoms with Gasteiger partial charge < -0.3 is 10.4 Å². The highest BCUT2D eigenvalue weighted by molar-refractivity contribution is 4.92. The molecule has 3 heteroatoms. The van der Waals surface area contributed by atoms with Crippen LogP contribution in [0.5, 0.6) is 0 Å². The predicted octanol–water partition coefficient (Wildman–Crippen LogP) is 2.25. The topological polar surface area (TPSA) is 35.5 Å². The van der Waals surface area contributed by atoms with Crippen molar-refractivity contribution < 1.29 is 5.11 Å². The van der Waals surface area contributed by atoms with Crippen LogP contribution in [0.25, 0.3) is 0 Å². The summed E-state index contributed by atoms with van der Waals surface area (Å²) in [6.45, 7) is 12.2. The molecule has 1 atom stereocenters. The summed E-state index contributed by atoms with van der Waals surface area (Å²) in [6, 6.07) is 0.776. The minimum Gasteiger partial charge on any atom is -0.394 e. The highest BCUT2D eigenvalue weighted by atomic mass is 16.3. The van der Waals surface area contributed by atoms with E-state index in [1.807, 2.05) is 0 Å². The molecule has 108 valence electrons. The average Bonchev–Trinajstić information content (AvgIpc) is 3.16. The molecule has 0 aliphatic heterocycles. The molecule has 0 aromatic heterocycles. The Hall–Kier alpha value is -0.120. The quantitative estimate of drug-likeness (QED) is 0.629. The van der Waals surface area contributed by atoms with Crippen LogP contribution in [0.1, 0.15) is 53.4 Å². The summed E-state index contributed by atoms with van der Waals surface area (Å²) < 4.78 is 0. The maximum absolute atomic E-state index is 9.65. The molecule has 0 radical (unpaired) electrons. The molecule has 3 nitrogen and oxygen atoms in total. The number of nitrogens with zero attached hydrogens (tertiary/aromatic N) is 1. The Bertz CT molecular complexity index is 229. The second-order valence-corrected chi connectivity index (χ2v) is 6.53. The van der Waals surface area contributed by atoms with E-state index in [1.165, 1.54) is 25.8 Å². The van der Waals surface area contributed by atoms with E-state index in [1.54, 1.807) is 0 Å². The van der Waals surface area contributed by atoms with E-state index >= 15 is 0 Å². The van der Waals surface area contributed by atoms with Crippen LogP contribution in [0.3, 0.4) is 0 Å². The van der Waals surface area contributed by atoms with Crippen LogP contribution in [0.2, 0.25) is 0 Å². The van der Waals surface area contributed by atoms with E-state index in [9.17, 15) is 5.11 Å². The van der Waals surface area contributed by atoms with Crippen LogP contribution in [-0.2, 0) is 0 Å². The summed E-state index contributed by atoms with van der Waals surface area (Å²) >= 11 is 0. The molecule has 1 saturated carbocycles. The molecule has 0 amide bonds. The van der Waals surface area contributed by atoms with Gasteiger partial charge in [0.1, 0.15) is 0 Å². The molecule has 1 unspecified atom stereocenters. The Morgan fingerprint density at radius 1 is 1.39 bits per heavy atom. The van der Waals surface area contributed by atoms with Crippen molar-refractivity contribution in [3.63, 3.8) is 0 Å². The lowest BCUT2D eigenvalue weighted by Crippen LogP contribution is -2.55. The Kier molecular flexibility index (Phi) is 6.61. The number of hydrogen-bond acceptors (Lipinski definition) is 3. The maximum atomic E-state index is 9.65. The summed E-state index contributed by atoms with van der Waals surface area (Å²) in [5, 5.41) is 13.2. The van der Waals surface area contributed by atoms with E-state index in [-0.39, 0.29) is 12.1 Å². The summed E-state index contributed by atoms with van der Waals surface area (Å²) in [4.78, 5) is 2.58. The van der Waals surface area contributed by atoms with Gasteiger partial charge in [0.25, 0.3) is 0 Å². The third kappa shape index (κ3) is 5.68. The molecule has 0 aromatic rings. The molecular formula is C15H32N2O. The lowest BCUT2D eigenvalue weighted by Gasteiger charge is -2.35. The standard InChI is InChI=1S/C15H32N2O/c1-5-9-16-15(4,12-18)11-17(14-6-7-14)10-8-13(2)3/h13-14,16,18H,5-12H2,1-4H3. The second-order valence-electron chi connectivity index (χ2n) is 6.53. The van der Waals surface area contributed by atoms with E-state index in [2.05, 4.69) is 37.9 Å². The van der Waals surface area contributed by atoms with Crippen molar-refractivity contribution in [3.8, 4) is 0 Å². The van der Waals surface area contributed by atoms with Gasteiger partial charge in [0, 0.05) is 12.6 Å². The maximum Gasteiger partial charge on any atom is 0.0623 e. The Labute approximate surface area is 113 Å². The lowest BCUT2D eigenvalue weighted by atomic mass is 10.0. The molecule has 1 rings (SSSR count). The molecule has 0 aromatic carbocycles. The fourth-order valence-corrected chi connectivity index (χ4v) is 2.29. The van der Waals surface area contributed by atoms with Crippen molar-refractivity contribution in [2.45, 2.75) is 65.0 Å². The van der Waals surface area contributed by atoms with Crippen LogP contribution in [0, 0.1) is 5.92 Å². The van der Waals surface area contributed by atoms with Crippen molar-refractivity contribution >= 4 is 0 Å². The third-order valence-corrected chi connectivity index (χ3v) is 3.76. The normalized spacial score (nSPS) is 19.5.